The Morgan fingerprint density at radius 2 is 2.00 bits per heavy atom. The lowest BCUT2D eigenvalue weighted by atomic mass is 10.1. The molecule has 4 rings (SSSR count). The summed E-state index contributed by atoms with van der Waals surface area (Å²) in [6.07, 6.45) is 1.32. The molecule has 29 heavy (non-hydrogen) atoms. The molecule has 0 saturated carbocycles. The Labute approximate surface area is 173 Å². The van der Waals surface area contributed by atoms with Crippen molar-refractivity contribution in [3.05, 3.63) is 63.8 Å². The molecule has 0 amide bonds. The van der Waals surface area contributed by atoms with Crippen molar-refractivity contribution in [2.45, 2.75) is 13.5 Å². The van der Waals surface area contributed by atoms with Gasteiger partial charge in [-0.2, -0.15) is 11.8 Å². The molecular weight excluding hydrogens is 388 g/mol. The summed E-state index contributed by atoms with van der Waals surface area (Å²) in [6, 6.07) is 9.23. The molecule has 2 aromatic heterocycles. The Hall–Kier alpha value is -2.51. The molecule has 0 spiro atoms. The Morgan fingerprint density at radius 1 is 1.24 bits per heavy atom. The number of nitrogens with zero attached hydrogens (tertiary/aromatic N) is 2. The number of Topliss-reactive ketones (excluding diaryl/α,β-unsaturated/α-hetero) is 1. The third-order valence-corrected chi connectivity index (χ3v) is 6.32. The average molecular weight is 413 g/mol. The van der Waals surface area contributed by atoms with Gasteiger partial charge in [0.05, 0.1) is 6.54 Å². The predicted octanol–water partition coefficient (Wildman–Crippen LogP) is 3.25. The number of aryl methyl sites for hydroxylation is 1. The molecular formula is C22H24N2O4S. The van der Waals surface area contributed by atoms with Gasteiger partial charge in [0.1, 0.15) is 12.0 Å². The molecule has 3 heterocycles. The van der Waals surface area contributed by atoms with E-state index in [0.29, 0.717) is 17.9 Å². The lowest BCUT2D eigenvalue weighted by molar-refractivity contribution is 0.0919. The van der Waals surface area contributed by atoms with Crippen molar-refractivity contribution in [1.29, 1.82) is 0 Å². The highest BCUT2D eigenvalue weighted by Gasteiger charge is 2.19. The SMILES string of the molecule is Cc1c(C(=O)COc2coc(CN3CCSCC3)cc2=O)c2ccccc2n1C. The van der Waals surface area contributed by atoms with Crippen molar-refractivity contribution in [3.63, 3.8) is 0 Å². The summed E-state index contributed by atoms with van der Waals surface area (Å²) < 4.78 is 13.1. The van der Waals surface area contributed by atoms with Crippen molar-refractivity contribution in [2.24, 2.45) is 7.05 Å². The van der Waals surface area contributed by atoms with E-state index in [2.05, 4.69) is 4.90 Å². The smallest absolute Gasteiger partial charge is 0.227 e. The molecule has 0 N–H and O–H groups in total. The number of aromatic nitrogens is 1. The van der Waals surface area contributed by atoms with Crippen LogP contribution in [0.5, 0.6) is 5.75 Å². The zero-order chi connectivity index (χ0) is 20.4. The predicted molar refractivity (Wildman–Crippen MR) is 115 cm³/mol. The van der Waals surface area contributed by atoms with Gasteiger partial charge in [0.25, 0.3) is 0 Å². The lowest BCUT2D eigenvalue weighted by Crippen LogP contribution is -2.32. The van der Waals surface area contributed by atoms with Crippen molar-refractivity contribution in [3.8, 4) is 5.75 Å². The first-order chi connectivity index (χ1) is 14.0. The molecule has 3 aromatic rings. The molecule has 0 bridgehead atoms. The van der Waals surface area contributed by atoms with E-state index in [4.69, 9.17) is 9.15 Å². The number of carbonyl (C=O) groups excluding carboxylic acids is 1. The molecule has 0 atom stereocenters. The highest BCUT2D eigenvalue weighted by molar-refractivity contribution is 7.99. The molecule has 1 fully saturated rings. The van der Waals surface area contributed by atoms with Crippen LogP contribution in [0.25, 0.3) is 10.9 Å². The van der Waals surface area contributed by atoms with Crippen LogP contribution in [0, 0.1) is 6.92 Å². The van der Waals surface area contributed by atoms with Gasteiger partial charge in [0.2, 0.25) is 17.0 Å². The molecule has 1 aromatic carbocycles. The Morgan fingerprint density at radius 3 is 2.76 bits per heavy atom. The van der Waals surface area contributed by atoms with Gasteiger partial charge >= 0.3 is 0 Å². The number of ether oxygens (including phenoxy) is 1. The largest absolute Gasteiger partial charge is 0.478 e. The van der Waals surface area contributed by atoms with E-state index in [1.165, 1.54) is 12.3 Å². The fourth-order valence-electron chi connectivity index (χ4n) is 3.69. The normalized spacial score (nSPS) is 15.0. The van der Waals surface area contributed by atoms with E-state index in [-0.39, 0.29) is 23.6 Å². The highest BCUT2D eigenvalue weighted by atomic mass is 32.2. The second kappa shape index (κ2) is 8.47. The number of carbonyl (C=O) groups is 1. The van der Waals surface area contributed by atoms with Crippen molar-refractivity contribution in [2.75, 3.05) is 31.2 Å². The van der Waals surface area contributed by atoms with E-state index in [9.17, 15) is 9.59 Å². The molecule has 7 heteroatoms. The number of para-hydroxylation sites is 1. The molecule has 6 nitrogen and oxygen atoms in total. The Balaban J connectivity index is 1.46. The van der Waals surface area contributed by atoms with E-state index in [1.54, 1.807) is 0 Å². The zero-order valence-corrected chi connectivity index (χ0v) is 17.5. The van der Waals surface area contributed by atoms with Crippen LogP contribution in [-0.4, -0.2) is 46.5 Å². The van der Waals surface area contributed by atoms with Crippen molar-refractivity contribution in [1.82, 2.24) is 9.47 Å². The second-order valence-corrected chi connectivity index (χ2v) is 8.44. The zero-order valence-electron chi connectivity index (χ0n) is 16.6. The number of rotatable bonds is 6. The average Bonchev–Trinajstić information content (AvgIpc) is 2.99. The van der Waals surface area contributed by atoms with E-state index >= 15 is 0 Å². The maximum Gasteiger partial charge on any atom is 0.227 e. The first kappa shape index (κ1) is 19.8. The van der Waals surface area contributed by atoms with Gasteiger partial charge in [-0.25, -0.2) is 0 Å². The maximum absolute atomic E-state index is 12.8. The summed E-state index contributed by atoms with van der Waals surface area (Å²) in [5, 5.41) is 0.892. The Bertz CT molecular complexity index is 1100. The van der Waals surface area contributed by atoms with E-state index in [0.717, 1.165) is 41.2 Å². The van der Waals surface area contributed by atoms with Gasteiger partial charge in [0, 0.05) is 59.9 Å². The quantitative estimate of drug-likeness (QED) is 0.579. The molecule has 152 valence electrons. The van der Waals surface area contributed by atoms with Crippen LogP contribution in [0.15, 0.2) is 45.8 Å². The first-order valence-electron chi connectivity index (χ1n) is 9.66. The molecule has 1 aliphatic heterocycles. The first-order valence-corrected chi connectivity index (χ1v) is 10.8. The monoisotopic (exact) mass is 412 g/mol. The molecule has 0 aliphatic carbocycles. The van der Waals surface area contributed by atoms with Crippen LogP contribution in [0.4, 0.5) is 0 Å². The highest BCUT2D eigenvalue weighted by Crippen LogP contribution is 2.25. The number of thioether (sulfide) groups is 1. The summed E-state index contributed by atoms with van der Waals surface area (Å²) >= 11 is 1.94. The summed E-state index contributed by atoms with van der Waals surface area (Å²) in [5.41, 5.74) is 2.24. The number of fused-ring (bicyclic) bond motifs is 1. The molecule has 1 saturated heterocycles. The van der Waals surface area contributed by atoms with Gasteiger partial charge in [-0.15, -0.1) is 0 Å². The minimum Gasteiger partial charge on any atom is -0.478 e. The summed E-state index contributed by atoms with van der Waals surface area (Å²) in [6.45, 7) is 4.30. The maximum atomic E-state index is 12.8. The number of benzene rings is 1. The number of hydrogen-bond acceptors (Lipinski definition) is 6. The number of hydrogen-bond donors (Lipinski definition) is 0. The van der Waals surface area contributed by atoms with E-state index < -0.39 is 0 Å². The number of ketones is 1. The van der Waals surface area contributed by atoms with Gasteiger partial charge in [-0.1, -0.05) is 18.2 Å². The molecule has 0 unspecified atom stereocenters. The third kappa shape index (κ3) is 4.11. The van der Waals surface area contributed by atoms with Gasteiger partial charge in [0.15, 0.2) is 6.61 Å². The minimum absolute atomic E-state index is 0.0641. The van der Waals surface area contributed by atoms with Crippen molar-refractivity contribution >= 4 is 28.4 Å². The summed E-state index contributed by atoms with van der Waals surface area (Å²) in [5.74, 6) is 2.72. The Kier molecular flexibility index (Phi) is 5.78. The van der Waals surface area contributed by atoms with Gasteiger partial charge in [-0.3, -0.25) is 14.5 Å². The second-order valence-electron chi connectivity index (χ2n) is 7.21. The van der Waals surface area contributed by atoms with Crippen LogP contribution < -0.4 is 10.2 Å². The van der Waals surface area contributed by atoms with Crippen LogP contribution in [-0.2, 0) is 13.6 Å². The topological polar surface area (TPSA) is 64.7 Å². The standard InChI is InChI=1S/C22H24N2O4S/c1-15-22(17-5-3-4-6-18(17)23(15)2)20(26)13-28-21-14-27-16(11-19(21)25)12-24-7-9-29-10-8-24/h3-6,11,14H,7-10,12-13H2,1-2H3. The van der Waals surface area contributed by atoms with Crippen LogP contribution in [0.2, 0.25) is 0 Å². The van der Waals surface area contributed by atoms with Crippen LogP contribution in [0.3, 0.4) is 0 Å². The van der Waals surface area contributed by atoms with Crippen molar-refractivity contribution < 1.29 is 13.9 Å². The van der Waals surface area contributed by atoms with Gasteiger partial charge < -0.3 is 13.7 Å². The molecule has 1 aliphatic rings. The third-order valence-electron chi connectivity index (χ3n) is 5.37. The molecule has 0 radical (unpaired) electrons. The summed E-state index contributed by atoms with van der Waals surface area (Å²) in [4.78, 5) is 27.5. The van der Waals surface area contributed by atoms with Crippen LogP contribution in [0.1, 0.15) is 21.8 Å². The fraction of sp³-hybridized carbons (Fsp3) is 0.364. The summed E-state index contributed by atoms with van der Waals surface area (Å²) in [7, 11) is 1.93. The van der Waals surface area contributed by atoms with E-state index in [1.807, 2.05) is 54.6 Å². The lowest BCUT2D eigenvalue weighted by Gasteiger charge is -2.25. The minimum atomic E-state index is -0.264. The van der Waals surface area contributed by atoms with Crippen LogP contribution >= 0.6 is 11.8 Å². The van der Waals surface area contributed by atoms with Gasteiger partial charge in [-0.05, 0) is 13.0 Å². The fourth-order valence-corrected chi connectivity index (χ4v) is 4.67.